The van der Waals surface area contributed by atoms with E-state index in [1.54, 1.807) is 28.0 Å². The summed E-state index contributed by atoms with van der Waals surface area (Å²) >= 11 is 0. The number of ether oxygens (including phenoxy) is 2. The Bertz CT molecular complexity index is 731. The van der Waals surface area contributed by atoms with Crippen LogP contribution in [0.25, 0.3) is 0 Å². The molecule has 0 unspecified atom stereocenters. The van der Waals surface area contributed by atoms with Crippen molar-refractivity contribution >= 4 is 17.7 Å². The topological polar surface area (TPSA) is 102 Å². The van der Waals surface area contributed by atoms with Crippen molar-refractivity contribution in [3.8, 4) is 5.75 Å². The van der Waals surface area contributed by atoms with E-state index < -0.39 is 10.5 Å². The molecular formula is C20H29N3O6. The van der Waals surface area contributed by atoms with E-state index in [2.05, 4.69) is 0 Å². The first-order valence-corrected chi connectivity index (χ1v) is 9.79. The fraction of sp³-hybridized carbons (Fsp3) is 0.600. The summed E-state index contributed by atoms with van der Waals surface area (Å²) in [4.78, 5) is 38.5. The lowest BCUT2D eigenvalue weighted by Gasteiger charge is -2.26. The number of hydrogen-bond acceptors (Lipinski definition) is 6. The first-order chi connectivity index (χ1) is 13.7. The molecule has 1 fully saturated rings. The predicted molar refractivity (Wildman–Crippen MR) is 107 cm³/mol. The molecule has 2 rings (SSSR count). The molecule has 0 saturated carbocycles. The van der Waals surface area contributed by atoms with Gasteiger partial charge in [-0.05, 0) is 39.7 Å². The van der Waals surface area contributed by atoms with Crippen molar-refractivity contribution in [3.05, 3.63) is 34.4 Å². The maximum absolute atomic E-state index is 12.5. The van der Waals surface area contributed by atoms with Crippen LogP contribution in [0.4, 0.5) is 10.5 Å². The summed E-state index contributed by atoms with van der Waals surface area (Å²) in [5.41, 5.74) is -0.638. The second-order valence-corrected chi connectivity index (χ2v) is 7.88. The van der Waals surface area contributed by atoms with Gasteiger partial charge in [-0.1, -0.05) is 12.1 Å². The van der Waals surface area contributed by atoms with E-state index in [9.17, 15) is 19.7 Å². The van der Waals surface area contributed by atoms with Crippen LogP contribution in [0, 0.1) is 10.1 Å². The average molecular weight is 407 g/mol. The quantitative estimate of drug-likeness (QED) is 0.408. The number of benzene rings is 1. The van der Waals surface area contributed by atoms with Crippen LogP contribution < -0.4 is 4.74 Å². The van der Waals surface area contributed by atoms with Gasteiger partial charge in [-0.3, -0.25) is 14.9 Å². The van der Waals surface area contributed by atoms with Gasteiger partial charge in [0.2, 0.25) is 5.91 Å². The fourth-order valence-electron chi connectivity index (χ4n) is 2.97. The van der Waals surface area contributed by atoms with E-state index in [0.29, 0.717) is 39.0 Å². The molecule has 2 amide bonds. The van der Waals surface area contributed by atoms with Gasteiger partial charge in [0.25, 0.3) is 0 Å². The number of para-hydroxylation sites is 2. The smallest absolute Gasteiger partial charge is 0.410 e. The number of hydrogen-bond donors (Lipinski definition) is 0. The van der Waals surface area contributed by atoms with Gasteiger partial charge in [0, 0.05) is 38.7 Å². The van der Waals surface area contributed by atoms with Crippen LogP contribution in [0.15, 0.2) is 24.3 Å². The first-order valence-electron chi connectivity index (χ1n) is 9.79. The van der Waals surface area contributed by atoms with Gasteiger partial charge >= 0.3 is 11.8 Å². The molecule has 0 aromatic heterocycles. The van der Waals surface area contributed by atoms with Gasteiger partial charge in [-0.25, -0.2) is 4.79 Å². The Kier molecular flexibility index (Phi) is 7.81. The molecule has 1 aliphatic heterocycles. The van der Waals surface area contributed by atoms with Crippen LogP contribution in [0.1, 0.15) is 40.0 Å². The highest BCUT2D eigenvalue weighted by atomic mass is 16.6. The zero-order valence-electron chi connectivity index (χ0n) is 17.3. The highest BCUT2D eigenvalue weighted by Crippen LogP contribution is 2.25. The molecule has 0 radical (unpaired) electrons. The third-order valence-electron chi connectivity index (χ3n) is 4.35. The van der Waals surface area contributed by atoms with Crippen LogP contribution in [-0.4, -0.2) is 65.1 Å². The Morgan fingerprint density at radius 3 is 2.45 bits per heavy atom. The van der Waals surface area contributed by atoms with Crippen molar-refractivity contribution in [3.63, 3.8) is 0 Å². The lowest BCUT2D eigenvalue weighted by molar-refractivity contribution is -0.385. The molecular weight excluding hydrogens is 378 g/mol. The van der Waals surface area contributed by atoms with Gasteiger partial charge < -0.3 is 19.3 Å². The van der Waals surface area contributed by atoms with Crippen LogP contribution in [0.3, 0.4) is 0 Å². The molecule has 0 atom stereocenters. The van der Waals surface area contributed by atoms with Crippen molar-refractivity contribution in [2.75, 3.05) is 32.8 Å². The number of carbonyl (C=O) groups excluding carboxylic acids is 2. The van der Waals surface area contributed by atoms with Gasteiger partial charge in [-0.15, -0.1) is 0 Å². The summed E-state index contributed by atoms with van der Waals surface area (Å²) in [5, 5.41) is 11.0. The fourth-order valence-corrected chi connectivity index (χ4v) is 2.97. The highest BCUT2D eigenvalue weighted by Gasteiger charge is 2.25. The Morgan fingerprint density at radius 2 is 1.76 bits per heavy atom. The standard InChI is InChI=1S/C20H29N3O6/c1-20(2,3)29-19(25)22-12-7-11-21(13-14-22)18(24)10-6-15-28-17-9-5-4-8-16(17)23(26)27/h4-5,8-9H,6-7,10-15H2,1-3H3. The number of nitro benzene ring substituents is 1. The van der Waals surface area contributed by atoms with Gasteiger partial charge in [0.05, 0.1) is 11.5 Å². The molecule has 0 spiro atoms. The molecule has 1 aromatic rings. The molecule has 160 valence electrons. The first kappa shape index (κ1) is 22.4. The van der Waals surface area contributed by atoms with Gasteiger partial charge in [0.1, 0.15) is 5.60 Å². The lowest BCUT2D eigenvalue weighted by Crippen LogP contribution is -2.40. The lowest BCUT2D eigenvalue weighted by atomic mass is 10.2. The Labute approximate surface area is 170 Å². The summed E-state index contributed by atoms with van der Waals surface area (Å²) in [6.07, 6.45) is 1.08. The Balaban J connectivity index is 1.76. The molecule has 1 heterocycles. The second-order valence-electron chi connectivity index (χ2n) is 7.88. The average Bonchev–Trinajstić information content (AvgIpc) is 2.90. The van der Waals surface area contributed by atoms with Crippen LogP contribution in [0.5, 0.6) is 5.75 Å². The van der Waals surface area contributed by atoms with Crippen LogP contribution in [-0.2, 0) is 9.53 Å². The Hall–Kier alpha value is -2.84. The molecule has 1 aromatic carbocycles. The molecule has 1 aliphatic rings. The normalized spacial score (nSPS) is 14.9. The molecule has 1 saturated heterocycles. The largest absolute Gasteiger partial charge is 0.487 e. The maximum atomic E-state index is 12.5. The minimum Gasteiger partial charge on any atom is -0.487 e. The second kappa shape index (κ2) is 10.1. The van der Waals surface area contributed by atoms with Crippen LogP contribution >= 0.6 is 0 Å². The summed E-state index contributed by atoms with van der Waals surface area (Å²) in [6, 6.07) is 6.17. The summed E-state index contributed by atoms with van der Waals surface area (Å²) in [5.74, 6) is 0.190. The van der Waals surface area contributed by atoms with E-state index in [1.807, 2.05) is 20.8 Å². The number of nitrogens with zero attached hydrogens (tertiary/aromatic N) is 3. The van der Waals surface area contributed by atoms with Gasteiger partial charge in [-0.2, -0.15) is 0 Å². The predicted octanol–water partition coefficient (Wildman–Crippen LogP) is 3.22. The number of carbonyl (C=O) groups is 2. The van der Waals surface area contributed by atoms with Crippen molar-refractivity contribution in [2.24, 2.45) is 0 Å². The highest BCUT2D eigenvalue weighted by molar-refractivity contribution is 5.76. The summed E-state index contributed by atoms with van der Waals surface area (Å²) < 4.78 is 10.9. The van der Waals surface area contributed by atoms with E-state index in [-0.39, 0.29) is 36.5 Å². The Morgan fingerprint density at radius 1 is 1.10 bits per heavy atom. The van der Waals surface area contributed by atoms with Crippen molar-refractivity contribution < 1.29 is 24.0 Å². The minimum absolute atomic E-state index is 0.0119. The molecule has 0 N–H and O–H groups in total. The number of rotatable bonds is 6. The van der Waals surface area contributed by atoms with Crippen molar-refractivity contribution in [1.29, 1.82) is 0 Å². The SMILES string of the molecule is CC(C)(C)OC(=O)N1CCCN(C(=O)CCCOc2ccccc2[N+](=O)[O-])CC1. The minimum atomic E-state index is -0.549. The molecule has 9 nitrogen and oxygen atoms in total. The third kappa shape index (κ3) is 7.24. The summed E-state index contributed by atoms with van der Waals surface area (Å²) in [7, 11) is 0. The molecule has 9 heteroatoms. The maximum Gasteiger partial charge on any atom is 0.410 e. The summed E-state index contributed by atoms with van der Waals surface area (Å²) in [6.45, 7) is 7.73. The zero-order valence-corrected chi connectivity index (χ0v) is 17.3. The van der Waals surface area contributed by atoms with E-state index in [0.717, 1.165) is 0 Å². The number of nitro groups is 1. The zero-order chi connectivity index (χ0) is 21.4. The third-order valence-corrected chi connectivity index (χ3v) is 4.35. The molecule has 0 bridgehead atoms. The number of amides is 2. The van der Waals surface area contributed by atoms with E-state index in [4.69, 9.17) is 9.47 Å². The molecule has 0 aliphatic carbocycles. The monoisotopic (exact) mass is 407 g/mol. The van der Waals surface area contributed by atoms with E-state index >= 15 is 0 Å². The molecule has 29 heavy (non-hydrogen) atoms. The van der Waals surface area contributed by atoms with Gasteiger partial charge in [0.15, 0.2) is 5.75 Å². The van der Waals surface area contributed by atoms with Crippen molar-refractivity contribution in [1.82, 2.24) is 9.80 Å². The van der Waals surface area contributed by atoms with Crippen LogP contribution in [0.2, 0.25) is 0 Å². The van der Waals surface area contributed by atoms with E-state index in [1.165, 1.54) is 6.07 Å². The van der Waals surface area contributed by atoms with Crippen molar-refractivity contribution in [2.45, 2.75) is 45.6 Å².